The summed E-state index contributed by atoms with van der Waals surface area (Å²) < 4.78 is 5.26. The van der Waals surface area contributed by atoms with Gasteiger partial charge < -0.3 is 35.8 Å². The van der Waals surface area contributed by atoms with Crippen LogP contribution in [-0.2, 0) is 19.1 Å². The molecule has 0 radical (unpaired) electrons. The number of ether oxygens (including phenoxy) is 1. The molecule has 27 heavy (non-hydrogen) atoms. The molecule has 0 aromatic carbocycles. The van der Waals surface area contributed by atoms with Crippen LogP contribution in [0.1, 0.15) is 46.5 Å². The van der Waals surface area contributed by atoms with Crippen LogP contribution >= 0.6 is 0 Å². The number of carboxylic acids is 3. The third kappa shape index (κ3) is 10.4. The van der Waals surface area contributed by atoms with Gasteiger partial charge in [0.1, 0.15) is 5.60 Å². The minimum absolute atomic E-state index is 0.108. The van der Waals surface area contributed by atoms with Gasteiger partial charge in [0, 0.05) is 19.1 Å². The van der Waals surface area contributed by atoms with Gasteiger partial charge in [-0.25, -0.2) is 9.59 Å². The number of carbonyl (C=O) groups excluding carboxylic acids is 1. The summed E-state index contributed by atoms with van der Waals surface area (Å²) in [4.78, 5) is 43.8. The Morgan fingerprint density at radius 3 is 1.89 bits per heavy atom. The van der Waals surface area contributed by atoms with Gasteiger partial charge >= 0.3 is 24.0 Å². The van der Waals surface area contributed by atoms with Crippen LogP contribution in [-0.4, -0.2) is 79.7 Å². The summed E-state index contributed by atoms with van der Waals surface area (Å²) in [7, 11) is 0. The number of hydrogen-bond donors (Lipinski definition) is 5. The van der Waals surface area contributed by atoms with Gasteiger partial charge in [-0.15, -0.1) is 0 Å². The number of aliphatic carboxylic acids is 3. The van der Waals surface area contributed by atoms with Crippen LogP contribution in [0.5, 0.6) is 0 Å². The lowest BCUT2D eigenvalue weighted by Crippen LogP contribution is -2.47. The maximum Gasteiger partial charge on any atom is 0.410 e. The first-order chi connectivity index (χ1) is 12.2. The van der Waals surface area contributed by atoms with E-state index in [0.29, 0.717) is 6.54 Å². The van der Waals surface area contributed by atoms with Gasteiger partial charge in [0.05, 0.1) is 12.8 Å². The number of nitrogens with two attached hydrogens (primary N) is 1. The van der Waals surface area contributed by atoms with Gasteiger partial charge in [-0.1, -0.05) is 0 Å². The maximum absolute atomic E-state index is 11.6. The van der Waals surface area contributed by atoms with Crippen molar-refractivity contribution in [1.82, 2.24) is 4.90 Å². The van der Waals surface area contributed by atoms with Gasteiger partial charge in [0.25, 0.3) is 0 Å². The van der Waals surface area contributed by atoms with Crippen LogP contribution in [0.15, 0.2) is 0 Å². The Morgan fingerprint density at radius 2 is 1.56 bits per heavy atom. The largest absolute Gasteiger partial charge is 0.481 e. The van der Waals surface area contributed by atoms with Crippen LogP contribution in [0.3, 0.4) is 0 Å². The highest BCUT2D eigenvalue weighted by Crippen LogP contribution is 2.16. The average Bonchev–Trinajstić information content (AvgIpc) is 2.44. The van der Waals surface area contributed by atoms with Crippen LogP contribution in [0.2, 0.25) is 0 Å². The molecule has 1 aliphatic heterocycles. The SMILES string of the molecule is CC(C)(C)OC(=O)N1CCC[C@@H](N)C1.O=C(O)CC(O)(CC(=O)O)C(=O)O. The zero-order valence-electron chi connectivity index (χ0n) is 15.7. The number of amides is 1. The molecule has 1 aliphatic rings. The van der Waals surface area contributed by atoms with E-state index in [2.05, 4.69) is 0 Å². The van der Waals surface area contributed by atoms with E-state index in [4.69, 9.17) is 30.9 Å². The second-order valence-electron chi connectivity index (χ2n) is 7.31. The molecule has 11 nitrogen and oxygen atoms in total. The quantitative estimate of drug-likeness (QED) is 0.429. The van der Waals surface area contributed by atoms with E-state index in [0.717, 1.165) is 19.4 Å². The first-order valence-corrected chi connectivity index (χ1v) is 8.29. The highest BCUT2D eigenvalue weighted by Gasteiger charge is 2.40. The molecule has 0 aromatic heterocycles. The molecule has 0 saturated carbocycles. The van der Waals surface area contributed by atoms with E-state index in [1.165, 1.54) is 0 Å². The molecular formula is C16H28N2O9. The fourth-order valence-electron chi connectivity index (χ4n) is 2.22. The summed E-state index contributed by atoms with van der Waals surface area (Å²) in [6.07, 6.45) is -0.559. The molecule has 1 rings (SSSR count). The smallest absolute Gasteiger partial charge is 0.410 e. The molecule has 0 aromatic rings. The second kappa shape index (κ2) is 10.1. The van der Waals surface area contributed by atoms with Crippen LogP contribution in [0.25, 0.3) is 0 Å². The van der Waals surface area contributed by atoms with E-state index in [1.54, 1.807) is 4.90 Å². The van der Waals surface area contributed by atoms with E-state index >= 15 is 0 Å². The van der Waals surface area contributed by atoms with Gasteiger partial charge in [-0.05, 0) is 33.6 Å². The third-order valence-electron chi connectivity index (χ3n) is 3.39. The fourth-order valence-corrected chi connectivity index (χ4v) is 2.22. The van der Waals surface area contributed by atoms with Crippen molar-refractivity contribution in [2.24, 2.45) is 5.73 Å². The number of carbonyl (C=O) groups is 4. The Balaban J connectivity index is 0.000000503. The molecule has 0 spiro atoms. The number of aliphatic hydroxyl groups is 1. The Labute approximate surface area is 156 Å². The van der Waals surface area contributed by atoms with Gasteiger partial charge in [0.15, 0.2) is 5.60 Å². The molecule has 1 fully saturated rings. The van der Waals surface area contributed by atoms with Crippen molar-refractivity contribution in [1.29, 1.82) is 0 Å². The second-order valence-corrected chi connectivity index (χ2v) is 7.31. The predicted molar refractivity (Wildman–Crippen MR) is 92.1 cm³/mol. The van der Waals surface area contributed by atoms with Crippen LogP contribution in [0, 0.1) is 0 Å². The van der Waals surface area contributed by atoms with Crippen molar-refractivity contribution in [2.75, 3.05) is 13.1 Å². The minimum Gasteiger partial charge on any atom is -0.481 e. The Hall–Kier alpha value is -2.40. The lowest BCUT2D eigenvalue weighted by atomic mass is 9.96. The number of likely N-dealkylation sites (tertiary alicyclic amines) is 1. The summed E-state index contributed by atoms with van der Waals surface area (Å²) in [5.41, 5.74) is 2.62. The Kier molecular flexibility index (Phi) is 9.17. The zero-order chi connectivity index (χ0) is 21.4. The molecule has 1 amide bonds. The number of carboxylic acid groups (broad SMARTS) is 3. The zero-order valence-corrected chi connectivity index (χ0v) is 15.7. The summed E-state index contributed by atoms with van der Waals surface area (Å²) >= 11 is 0. The maximum atomic E-state index is 11.6. The van der Waals surface area contributed by atoms with Crippen molar-refractivity contribution in [2.45, 2.75) is 63.7 Å². The van der Waals surface area contributed by atoms with Gasteiger partial charge in [0.2, 0.25) is 0 Å². The number of nitrogens with zero attached hydrogens (tertiary/aromatic N) is 1. The van der Waals surface area contributed by atoms with E-state index in [9.17, 15) is 19.2 Å². The highest BCUT2D eigenvalue weighted by molar-refractivity contribution is 5.88. The Morgan fingerprint density at radius 1 is 1.07 bits per heavy atom. The molecule has 0 bridgehead atoms. The molecule has 11 heteroatoms. The summed E-state index contributed by atoms with van der Waals surface area (Å²) in [5, 5.41) is 33.8. The molecular weight excluding hydrogens is 364 g/mol. The molecule has 6 N–H and O–H groups in total. The average molecular weight is 392 g/mol. The molecule has 156 valence electrons. The number of piperidine rings is 1. The Bertz CT molecular complexity index is 541. The monoisotopic (exact) mass is 392 g/mol. The molecule has 1 saturated heterocycles. The molecule has 1 heterocycles. The van der Waals surface area contributed by atoms with Crippen molar-refractivity contribution in [3.63, 3.8) is 0 Å². The van der Waals surface area contributed by atoms with E-state index in [1.807, 2.05) is 20.8 Å². The van der Waals surface area contributed by atoms with Gasteiger partial charge in [-0.3, -0.25) is 9.59 Å². The molecule has 1 atom stereocenters. The minimum atomic E-state index is -2.74. The number of hydrogen-bond acceptors (Lipinski definition) is 7. The third-order valence-corrected chi connectivity index (χ3v) is 3.39. The van der Waals surface area contributed by atoms with Crippen molar-refractivity contribution in [3.05, 3.63) is 0 Å². The highest BCUT2D eigenvalue weighted by atomic mass is 16.6. The van der Waals surface area contributed by atoms with Crippen LogP contribution < -0.4 is 5.73 Å². The molecule has 0 unspecified atom stereocenters. The molecule has 0 aliphatic carbocycles. The normalized spacial score (nSPS) is 17.4. The topological polar surface area (TPSA) is 188 Å². The summed E-state index contributed by atoms with van der Waals surface area (Å²) in [6, 6.07) is 0.108. The summed E-state index contributed by atoms with van der Waals surface area (Å²) in [5.74, 6) is -5.02. The lowest BCUT2D eigenvalue weighted by Gasteiger charge is -2.32. The predicted octanol–water partition coefficient (Wildman–Crippen LogP) is 0.0961. The lowest BCUT2D eigenvalue weighted by molar-refractivity contribution is -0.170. The summed E-state index contributed by atoms with van der Waals surface area (Å²) in [6.45, 7) is 7.00. The number of rotatable bonds is 5. The van der Waals surface area contributed by atoms with Gasteiger partial charge in [-0.2, -0.15) is 0 Å². The van der Waals surface area contributed by atoms with E-state index < -0.39 is 42.0 Å². The van der Waals surface area contributed by atoms with Crippen molar-refractivity contribution >= 4 is 24.0 Å². The first kappa shape index (κ1) is 24.6. The first-order valence-electron chi connectivity index (χ1n) is 8.29. The van der Waals surface area contributed by atoms with Crippen LogP contribution in [0.4, 0.5) is 4.79 Å². The van der Waals surface area contributed by atoms with E-state index in [-0.39, 0.29) is 12.1 Å². The van der Waals surface area contributed by atoms with Crippen molar-refractivity contribution in [3.8, 4) is 0 Å². The van der Waals surface area contributed by atoms with Crippen molar-refractivity contribution < 1.29 is 44.3 Å². The fraction of sp³-hybridized carbons (Fsp3) is 0.750. The standard InChI is InChI=1S/C10H20N2O2.C6H8O7/c1-10(2,3)14-9(13)12-6-4-5-8(11)7-12;7-3(8)1-6(13,5(11)12)2-4(9)10/h8H,4-7,11H2,1-3H3;13H,1-2H2,(H,7,8)(H,9,10)(H,11,12)/t8-;/m1./s1.